The first-order valence-electron chi connectivity index (χ1n) is 7.99. The van der Waals surface area contributed by atoms with Gasteiger partial charge in [-0.05, 0) is 49.9 Å². The van der Waals surface area contributed by atoms with Crippen molar-refractivity contribution >= 4 is 0 Å². The molecule has 1 saturated heterocycles. The van der Waals surface area contributed by atoms with Crippen molar-refractivity contribution in [3.05, 3.63) is 59.7 Å². The van der Waals surface area contributed by atoms with Crippen LogP contribution in [0.15, 0.2) is 54.1 Å². The van der Waals surface area contributed by atoms with Gasteiger partial charge in [0.2, 0.25) is 0 Å². The van der Waals surface area contributed by atoms with Crippen LogP contribution < -0.4 is 0 Å². The van der Waals surface area contributed by atoms with E-state index in [0.717, 1.165) is 36.9 Å². The lowest BCUT2D eigenvalue weighted by Gasteiger charge is -2.40. The molecule has 0 aromatic heterocycles. The van der Waals surface area contributed by atoms with Crippen LogP contribution in [0, 0.1) is 5.92 Å². The lowest BCUT2D eigenvalue weighted by Crippen LogP contribution is -2.47. The summed E-state index contributed by atoms with van der Waals surface area (Å²) in [5.74, 6) is 0.565. The van der Waals surface area contributed by atoms with E-state index >= 15 is 0 Å². The second kappa shape index (κ2) is 5.78. The predicted octanol–water partition coefficient (Wildman–Crippen LogP) is 3.49. The van der Waals surface area contributed by atoms with Crippen molar-refractivity contribution in [2.45, 2.75) is 37.8 Å². The quantitative estimate of drug-likeness (QED) is 0.918. The maximum Gasteiger partial charge on any atom is 0.130 e. The first kappa shape index (κ1) is 14.6. The van der Waals surface area contributed by atoms with Gasteiger partial charge in [-0.2, -0.15) is 0 Å². The maximum absolute atomic E-state index is 11.7. The summed E-state index contributed by atoms with van der Waals surface area (Å²) in [6, 6.07) is 10.3. The SMILES string of the molecule is CC1C=CC(C(O)(c2ccccc2)C2CCCN2C)=CC1. The number of hydrogen-bond donors (Lipinski definition) is 1. The molecule has 1 N–H and O–H groups in total. The van der Waals surface area contributed by atoms with Gasteiger partial charge < -0.3 is 5.11 Å². The van der Waals surface area contributed by atoms with Crippen LogP contribution in [0.1, 0.15) is 31.7 Å². The van der Waals surface area contributed by atoms with Crippen LogP contribution in [0.25, 0.3) is 0 Å². The highest BCUT2D eigenvalue weighted by atomic mass is 16.3. The summed E-state index contributed by atoms with van der Waals surface area (Å²) in [4.78, 5) is 2.31. The lowest BCUT2D eigenvalue weighted by molar-refractivity contribution is 0.00345. The molecule has 3 rings (SSSR count). The van der Waals surface area contributed by atoms with Gasteiger partial charge in [0.05, 0.1) is 0 Å². The first-order valence-corrected chi connectivity index (χ1v) is 7.99. The molecule has 1 aliphatic heterocycles. The van der Waals surface area contributed by atoms with Gasteiger partial charge in [0.25, 0.3) is 0 Å². The summed E-state index contributed by atoms with van der Waals surface area (Å²) in [6.45, 7) is 3.28. The van der Waals surface area contributed by atoms with Crippen LogP contribution in [0.3, 0.4) is 0 Å². The van der Waals surface area contributed by atoms with Gasteiger partial charge in [0.15, 0.2) is 0 Å². The van der Waals surface area contributed by atoms with Crippen LogP contribution >= 0.6 is 0 Å². The van der Waals surface area contributed by atoms with E-state index in [4.69, 9.17) is 0 Å². The van der Waals surface area contributed by atoms with Crippen molar-refractivity contribution in [2.24, 2.45) is 5.92 Å². The summed E-state index contributed by atoms with van der Waals surface area (Å²) >= 11 is 0. The minimum absolute atomic E-state index is 0.157. The van der Waals surface area contributed by atoms with Crippen molar-refractivity contribution in [3.8, 4) is 0 Å². The lowest BCUT2D eigenvalue weighted by atomic mass is 9.76. The van der Waals surface area contributed by atoms with Crippen molar-refractivity contribution in [1.29, 1.82) is 0 Å². The van der Waals surface area contributed by atoms with E-state index in [-0.39, 0.29) is 6.04 Å². The Bertz CT molecular complexity index is 548. The molecule has 2 nitrogen and oxygen atoms in total. The molecular weight excluding hydrogens is 258 g/mol. The number of nitrogens with zero attached hydrogens (tertiary/aromatic N) is 1. The molecule has 1 fully saturated rings. The van der Waals surface area contributed by atoms with Crippen molar-refractivity contribution in [2.75, 3.05) is 13.6 Å². The Morgan fingerprint density at radius 1 is 1.24 bits per heavy atom. The Labute approximate surface area is 127 Å². The molecule has 21 heavy (non-hydrogen) atoms. The highest BCUT2D eigenvalue weighted by Crippen LogP contribution is 2.41. The second-order valence-corrected chi connectivity index (χ2v) is 6.50. The summed E-state index contributed by atoms with van der Waals surface area (Å²) in [6.07, 6.45) is 9.79. The fraction of sp³-hybridized carbons (Fsp3) is 0.474. The highest BCUT2D eigenvalue weighted by molar-refractivity contribution is 5.42. The molecule has 3 atom stereocenters. The van der Waals surface area contributed by atoms with E-state index in [1.54, 1.807) is 0 Å². The third-order valence-corrected chi connectivity index (χ3v) is 4.97. The van der Waals surface area contributed by atoms with E-state index in [1.165, 1.54) is 0 Å². The summed E-state index contributed by atoms with van der Waals surface area (Å²) in [5.41, 5.74) is 1.17. The minimum Gasteiger partial charge on any atom is -0.379 e. The Kier molecular flexibility index (Phi) is 4.01. The maximum atomic E-state index is 11.7. The Morgan fingerprint density at radius 2 is 2.00 bits per heavy atom. The summed E-state index contributed by atoms with van der Waals surface area (Å²) in [5, 5.41) is 11.7. The van der Waals surface area contributed by atoms with Crippen molar-refractivity contribution in [1.82, 2.24) is 4.90 Å². The number of allylic oxidation sites excluding steroid dienone is 2. The molecule has 0 amide bonds. The largest absolute Gasteiger partial charge is 0.379 e. The molecule has 1 heterocycles. The van der Waals surface area contributed by atoms with Gasteiger partial charge in [-0.3, -0.25) is 4.90 Å². The first-order chi connectivity index (χ1) is 10.1. The molecular formula is C19H25NO. The molecule has 112 valence electrons. The third-order valence-electron chi connectivity index (χ3n) is 4.97. The standard InChI is InChI=1S/C19H25NO/c1-15-10-12-17(13-11-15)19(21,16-7-4-3-5-8-16)18-9-6-14-20(18)2/h3-5,7-8,10,12-13,15,18,21H,6,9,11,14H2,1-2H3. The number of hydrogen-bond acceptors (Lipinski definition) is 2. The van der Waals surface area contributed by atoms with Crippen LogP contribution in [0.5, 0.6) is 0 Å². The molecule has 0 spiro atoms. The van der Waals surface area contributed by atoms with E-state index in [2.05, 4.69) is 49.2 Å². The van der Waals surface area contributed by atoms with E-state index in [1.807, 2.05) is 18.2 Å². The Morgan fingerprint density at radius 3 is 2.57 bits per heavy atom. The van der Waals surface area contributed by atoms with E-state index in [9.17, 15) is 5.11 Å². The topological polar surface area (TPSA) is 23.5 Å². The average Bonchev–Trinajstić information content (AvgIpc) is 2.95. The third kappa shape index (κ3) is 2.58. The van der Waals surface area contributed by atoms with E-state index < -0.39 is 5.60 Å². The fourth-order valence-electron chi connectivity index (χ4n) is 3.69. The summed E-state index contributed by atoms with van der Waals surface area (Å²) < 4.78 is 0. The zero-order chi connectivity index (χ0) is 14.9. The zero-order valence-electron chi connectivity index (χ0n) is 13.0. The molecule has 2 heteroatoms. The number of likely N-dealkylation sites (tertiary alicyclic amines) is 1. The van der Waals surface area contributed by atoms with E-state index in [0.29, 0.717) is 5.92 Å². The monoisotopic (exact) mass is 283 g/mol. The Balaban J connectivity index is 2.05. The number of likely N-dealkylation sites (N-methyl/N-ethyl adjacent to an activating group) is 1. The Hall–Kier alpha value is -1.38. The molecule has 0 saturated carbocycles. The van der Waals surface area contributed by atoms with Crippen LogP contribution in [0.4, 0.5) is 0 Å². The fourth-order valence-corrected chi connectivity index (χ4v) is 3.69. The molecule has 0 bridgehead atoms. The zero-order valence-corrected chi connectivity index (χ0v) is 13.0. The van der Waals surface area contributed by atoms with Crippen LogP contribution in [-0.2, 0) is 5.60 Å². The molecule has 1 aliphatic carbocycles. The van der Waals surface area contributed by atoms with Gasteiger partial charge in [0.1, 0.15) is 5.60 Å². The number of rotatable bonds is 3. The van der Waals surface area contributed by atoms with Gasteiger partial charge >= 0.3 is 0 Å². The van der Waals surface area contributed by atoms with Gasteiger partial charge in [-0.25, -0.2) is 0 Å². The highest BCUT2D eigenvalue weighted by Gasteiger charge is 2.45. The number of aliphatic hydroxyl groups is 1. The molecule has 1 aromatic carbocycles. The molecule has 1 aromatic rings. The molecule has 0 radical (unpaired) electrons. The van der Waals surface area contributed by atoms with Crippen LogP contribution in [-0.4, -0.2) is 29.6 Å². The smallest absolute Gasteiger partial charge is 0.130 e. The van der Waals surface area contributed by atoms with Crippen molar-refractivity contribution < 1.29 is 5.11 Å². The second-order valence-electron chi connectivity index (χ2n) is 6.50. The molecule has 3 unspecified atom stereocenters. The van der Waals surface area contributed by atoms with Gasteiger partial charge in [0, 0.05) is 6.04 Å². The summed E-state index contributed by atoms with van der Waals surface area (Å²) in [7, 11) is 2.13. The van der Waals surface area contributed by atoms with Crippen molar-refractivity contribution in [3.63, 3.8) is 0 Å². The number of benzene rings is 1. The predicted molar refractivity (Wildman–Crippen MR) is 87.0 cm³/mol. The van der Waals surface area contributed by atoms with Crippen LogP contribution in [0.2, 0.25) is 0 Å². The minimum atomic E-state index is -0.900. The van der Waals surface area contributed by atoms with Gasteiger partial charge in [-0.1, -0.05) is 55.5 Å². The van der Waals surface area contributed by atoms with Gasteiger partial charge in [-0.15, -0.1) is 0 Å². The average molecular weight is 283 g/mol. The molecule has 2 aliphatic rings. The normalized spacial score (nSPS) is 29.2.